The maximum atomic E-state index is 12.0. The van der Waals surface area contributed by atoms with Crippen LogP contribution in [0, 0.1) is 10.1 Å². The molecule has 0 unspecified atom stereocenters. The largest absolute Gasteiger partial charge is 0.313 e. The second kappa shape index (κ2) is 8.53. The van der Waals surface area contributed by atoms with E-state index in [1.54, 1.807) is 11.4 Å². The van der Waals surface area contributed by atoms with Crippen molar-refractivity contribution in [2.24, 2.45) is 0 Å². The molecule has 3 amide bonds. The van der Waals surface area contributed by atoms with Crippen molar-refractivity contribution >= 4 is 45.8 Å². The van der Waals surface area contributed by atoms with Gasteiger partial charge in [-0.1, -0.05) is 12.1 Å². The van der Waals surface area contributed by atoms with Crippen molar-refractivity contribution in [1.29, 1.82) is 0 Å². The molecule has 1 heterocycles. The summed E-state index contributed by atoms with van der Waals surface area (Å²) in [5.41, 5.74) is 4.97. The average Bonchev–Trinajstić information content (AvgIpc) is 3.06. The number of rotatable bonds is 5. The number of benzene rings is 1. The van der Waals surface area contributed by atoms with Crippen LogP contribution in [0.4, 0.5) is 10.7 Å². The number of anilines is 1. The van der Waals surface area contributed by atoms with Gasteiger partial charge in [-0.2, -0.15) is 0 Å². The summed E-state index contributed by atoms with van der Waals surface area (Å²) in [4.78, 5) is 45.0. The van der Waals surface area contributed by atoms with Crippen LogP contribution in [0.5, 0.6) is 0 Å². The van der Waals surface area contributed by atoms with Crippen LogP contribution in [0.2, 0.25) is 0 Å². The van der Waals surface area contributed by atoms with E-state index >= 15 is 0 Å². The molecule has 0 aliphatic carbocycles. The van der Waals surface area contributed by atoms with Gasteiger partial charge in [0.05, 0.1) is 10.5 Å². The molecule has 1 aromatic carbocycles. The molecule has 0 aliphatic heterocycles. The number of hydrogen-bond donors (Lipinski definition) is 3. The highest BCUT2D eigenvalue weighted by molar-refractivity contribution is 7.14. The fourth-order valence-electron chi connectivity index (χ4n) is 1.86. The minimum atomic E-state index is -0.570. The van der Waals surface area contributed by atoms with Gasteiger partial charge in [0.2, 0.25) is 11.8 Å². The molecule has 0 saturated heterocycles. The zero-order valence-corrected chi connectivity index (χ0v) is 14.3. The Morgan fingerprint density at radius 2 is 1.96 bits per heavy atom. The SMILES string of the molecule is CC(=O)NNC(=O)c1ccsc1NC(=O)/C=C/c1cccc([N+](=O)[O-])c1. The summed E-state index contributed by atoms with van der Waals surface area (Å²) >= 11 is 1.14. The molecule has 0 atom stereocenters. The minimum absolute atomic E-state index is 0.0808. The van der Waals surface area contributed by atoms with E-state index in [0.29, 0.717) is 10.6 Å². The molecule has 10 heteroatoms. The maximum Gasteiger partial charge on any atom is 0.272 e. The maximum absolute atomic E-state index is 12.0. The fourth-order valence-corrected chi connectivity index (χ4v) is 2.65. The van der Waals surface area contributed by atoms with Gasteiger partial charge in [0, 0.05) is 25.1 Å². The fraction of sp³-hybridized carbons (Fsp3) is 0.0625. The summed E-state index contributed by atoms with van der Waals surface area (Å²) in [5, 5.41) is 15.2. The molecule has 3 N–H and O–H groups in total. The van der Waals surface area contributed by atoms with Crippen LogP contribution < -0.4 is 16.2 Å². The van der Waals surface area contributed by atoms with E-state index in [1.165, 1.54) is 43.3 Å². The summed E-state index contributed by atoms with van der Waals surface area (Å²) in [6.07, 6.45) is 2.63. The number of nitrogens with one attached hydrogen (secondary N) is 3. The highest BCUT2D eigenvalue weighted by atomic mass is 32.1. The Hall–Kier alpha value is -3.53. The number of thiophene rings is 1. The summed E-state index contributed by atoms with van der Waals surface area (Å²) < 4.78 is 0. The van der Waals surface area contributed by atoms with Gasteiger partial charge in [-0.3, -0.25) is 35.3 Å². The Bertz CT molecular complexity index is 890. The number of non-ortho nitro benzene ring substituents is 1. The number of hydrazine groups is 1. The van der Waals surface area contributed by atoms with Gasteiger partial charge >= 0.3 is 0 Å². The number of nitro benzene ring substituents is 1. The smallest absolute Gasteiger partial charge is 0.272 e. The standard InChI is InChI=1S/C16H14N4O5S/c1-10(21)18-19-15(23)13-7-8-26-16(13)17-14(22)6-5-11-3-2-4-12(9-11)20(24)25/h2-9H,1H3,(H,17,22)(H,18,21)(H,19,23)/b6-5+. The number of carbonyl (C=O) groups excluding carboxylic acids is 3. The first-order chi connectivity index (χ1) is 12.4. The highest BCUT2D eigenvalue weighted by Gasteiger charge is 2.14. The van der Waals surface area contributed by atoms with Crippen LogP contribution in [0.1, 0.15) is 22.8 Å². The molecule has 134 valence electrons. The molecule has 26 heavy (non-hydrogen) atoms. The Labute approximate surface area is 151 Å². The normalized spacial score (nSPS) is 10.3. The number of nitro groups is 1. The van der Waals surface area contributed by atoms with Crippen LogP contribution in [-0.4, -0.2) is 22.6 Å². The first kappa shape index (κ1) is 18.8. The zero-order valence-electron chi connectivity index (χ0n) is 13.5. The first-order valence-electron chi connectivity index (χ1n) is 7.25. The third kappa shape index (κ3) is 5.24. The van der Waals surface area contributed by atoms with Gasteiger partial charge in [0.15, 0.2) is 0 Å². The van der Waals surface area contributed by atoms with E-state index in [-0.39, 0.29) is 11.3 Å². The molecular weight excluding hydrogens is 360 g/mol. The molecule has 9 nitrogen and oxygen atoms in total. The zero-order chi connectivity index (χ0) is 19.1. The molecule has 2 rings (SSSR count). The van der Waals surface area contributed by atoms with Gasteiger partial charge < -0.3 is 5.32 Å². The van der Waals surface area contributed by atoms with E-state index in [9.17, 15) is 24.5 Å². The lowest BCUT2D eigenvalue weighted by molar-refractivity contribution is -0.384. The number of nitrogens with zero attached hydrogens (tertiary/aromatic N) is 1. The van der Waals surface area contributed by atoms with Gasteiger partial charge in [-0.05, 0) is 23.1 Å². The van der Waals surface area contributed by atoms with E-state index in [4.69, 9.17) is 0 Å². The molecule has 1 aromatic heterocycles. The van der Waals surface area contributed by atoms with Crippen LogP contribution in [0.3, 0.4) is 0 Å². The van der Waals surface area contributed by atoms with E-state index in [1.807, 2.05) is 0 Å². The third-order valence-corrected chi connectivity index (χ3v) is 3.84. The van der Waals surface area contributed by atoms with E-state index in [2.05, 4.69) is 16.2 Å². The monoisotopic (exact) mass is 374 g/mol. The predicted octanol–water partition coefficient (Wildman–Crippen LogP) is 2.09. The lowest BCUT2D eigenvalue weighted by atomic mass is 10.2. The van der Waals surface area contributed by atoms with Crippen LogP contribution in [0.15, 0.2) is 41.8 Å². The molecule has 0 bridgehead atoms. The highest BCUT2D eigenvalue weighted by Crippen LogP contribution is 2.23. The van der Waals surface area contributed by atoms with Gasteiger partial charge in [-0.15, -0.1) is 11.3 Å². The van der Waals surface area contributed by atoms with Gasteiger partial charge in [0.25, 0.3) is 11.6 Å². The van der Waals surface area contributed by atoms with Crippen molar-refractivity contribution in [3.8, 4) is 0 Å². The van der Waals surface area contributed by atoms with Crippen LogP contribution in [0.25, 0.3) is 6.08 Å². The molecule has 0 aliphatic rings. The molecule has 0 saturated carbocycles. The summed E-state index contributed by atoms with van der Waals surface area (Å²) in [6, 6.07) is 7.32. The van der Waals surface area contributed by atoms with E-state index < -0.39 is 22.6 Å². The number of amides is 3. The van der Waals surface area contributed by atoms with Crippen molar-refractivity contribution in [1.82, 2.24) is 10.9 Å². The van der Waals surface area contributed by atoms with Crippen molar-refractivity contribution in [3.05, 3.63) is 63.0 Å². The lowest BCUT2D eigenvalue weighted by Crippen LogP contribution is -2.40. The Morgan fingerprint density at radius 1 is 1.19 bits per heavy atom. The van der Waals surface area contributed by atoms with Gasteiger partial charge in [-0.25, -0.2) is 0 Å². The number of carbonyl (C=O) groups is 3. The lowest BCUT2D eigenvalue weighted by Gasteiger charge is -2.06. The third-order valence-electron chi connectivity index (χ3n) is 3.01. The summed E-state index contributed by atoms with van der Waals surface area (Å²) in [6.45, 7) is 1.25. The van der Waals surface area contributed by atoms with E-state index in [0.717, 1.165) is 11.3 Å². The van der Waals surface area contributed by atoms with Gasteiger partial charge in [0.1, 0.15) is 5.00 Å². The van der Waals surface area contributed by atoms with Crippen LogP contribution >= 0.6 is 11.3 Å². The summed E-state index contributed by atoms with van der Waals surface area (Å²) in [5.74, 6) is -1.51. The average molecular weight is 374 g/mol. The molecule has 2 aromatic rings. The number of hydrogen-bond acceptors (Lipinski definition) is 6. The topological polar surface area (TPSA) is 130 Å². The van der Waals surface area contributed by atoms with Crippen molar-refractivity contribution in [2.45, 2.75) is 6.92 Å². The first-order valence-corrected chi connectivity index (χ1v) is 8.12. The second-order valence-electron chi connectivity index (χ2n) is 4.97. The Balaban J connectivity index is 2.03. The predicted molar refractivity (Wildman–Crippen MR) is 96.4 cm³/mol. The van der Waals surface area contributed by atoms with Crippen molar-refractivity contribution < 1.29 is 19.3 Å². The van der Waals surface area contributed by atoms with Crippen LogP contribution in [-0.2, 0) is 9.59 Å². The van der Waals surface area contributed by atoms with Crippen molar-refractivity contribution in [2.75, 3.05) is 5.32 Å². The Kier molecular flexibility index (Phi) is 6.17. The molecule has 0 spiro atoms. The molecule has 0 fully saturated rings. The Morgan fingerprint density at radius 3 is 2.65 bits per heavy atom. The molecule has 0 radical (unpaired) electrons. The second-order valence-corrected chi connectivity index (χ2v) is 5.89. The summed E-state index contributed by atoms with van der Waals surface area (Å²) in [7, 11) is 0. The molecular formula is C16H14N4O5S. The van der Waals surface area contributed by atoms with Crippen molar-refractivity contribution in [3.63, 3.8) is 0 Å². The minimum Gasteiger partial charge on any atom is -0.313 e. The quantitative estimate of drug-likeness (QED) is 0.419.